The number of hydrogen-bond donors (Lipinski definition) is 2. The highest BCUT2D eigenvalue weighted by Gasteiger charge is 2.15. The van der Waals surface area contributed by atoms with Gasteiger partial charge >= 0.3 is 0 Å². The lowest BCUT2D eigenvalue weighted by atomic mass is 10.0. The Morgan fingerprint density at radius 1 is 1.00 bits per heavy atom. The maximum absolute atomic E-state index is 15.1. The van der Waals surface area contributed by atoms with Crippen molar-refractivity contribution in [3.63, 3.8) is 0 Å². The van der Waals surface area contributed by atoms with E-state index in [1.807, 2.05) is 12.1 Å². The number of halogens is 1. The van der Waals surface area contributed by atoms with Gasteiger partial charge in [-0.1, -0.05) is 18.7 Å². The van der Waals surface area contributed by atoms with Gasteiger partial charge in [-0.2, -0.15) is 0 Å². The van der Waals surface area contributed by atoms with E-state index >= 15 is 4.39 Å². The van der Waals surface area contributed by atoms with Crippen molar-refractivity contribution in [3.05, 3.63) is 85.3 Å². The molecule has 35 heavy (non-hydrogen) atoms. The summed E-state index contributed by atoms with van der Waals surface area (Å²) in [5.41, 5.74) is 4.05. The SMILES string of the molecule is C=CC(=O)Nc1cccc(-c2c(F)ccc3cnc(Nc4ccc(N5CCCCC5)cc4)nc23)c1. The number of hydrogen-bond acceptors (Lipinski definition) is 5. The highest BCUT2D eigenvalue weighted by molar-refractivity contribution is 6.00. The molecule has 1 aliphatic heterocycles. The summed E-state index contributed by atoms with van der Waals surface area (Å²) in [5.74, 6) is -0.355. The van der Waals surface area contributed by atoms with Crippen LogP contribution in [0.3, 0.4) is 0 Å². The summed E-state index contributed by atoms with van der Waals surface area (Å²) in [6.07, 6.45) is 6.63. The van der Waals surface area contributed by atoms with Gasteiger partial charge < -0.3 is 15.5 Å². The quantitative estimate of drug-likeness (QED) is 0.326. The van der Waals surface area contributed by atoms with E-state index in [1.54, 1.807) is 36.5 Å². The second-order valence-corrected chi connectivity index (χ2v) is 8.55. The fourth-order valence-corrected chi connectivity index (χ4v) is 4.39. The molecule has 7 heteroatoms. The highest BCUT2D eigenvalue weighted by Crippen LogP contribution is 2.32. The minimum Gasteiger partial charge on any atom is -0.372 e. The number of anilines is 4. The van der Waals surface area contributed by atoms with Crippen molar-refractivity contribution < 1.29 is 9.18 Å². The first-order chi connectivity index (χ1) is 17.1. The fourth-order valence-electron chi connectivity index (χ4n) is 4.39. The van der Waals surface area contributed by atoms with Gasteiger partial charge in [-0.25, -0.2) is 14.4 Å². The number of aromatic nitrogens is 2. The standard InChI is InChI=1S/C28H26FN5O/c1-2-25(35)31-22-8-6-7-19(17-22)26-24(29)14-9-20-18-30-28(33-27(20)26)32-21-10-12-23(13-11-21)34-15-4-3-5-16-34/h2,6-14,17-18H,1,3-5,15-16H2,(H,31,35)(H,30,32,33). The Morgan fingerprint density at radius 2 is 1.80 bits per heavy atom. The van der Waals surface area contributed by atoms with Crippen LogP contribution in [-0.4, -0.2) is 29.0 Å². The molecule has 1 amide bonds. The summed E-state index contributed by atoms with van der Waals surface area (Å²) >= 11 is 0. The maximum Gasteiger partial charge on any atom is 0.247 e. The minimum atomic E-state index is -0.403. The van der Waals surface area contributed by atoms with Crippen molar-refractivity contribution in [2.24, 2.45) is 0 Å². The zero-order valence-electron chi connectivity index (χ0n) is 19.3. The molecule has 1 saturated heterocycles. The predicted octanol–water partition coefficient (Wildman–Crippen LogP) is 6.29. The molecule has 0 unspecified atom stereocenters. The van der Waals surface area contributed by atoms with Gasteiger partial charge in [0.2, 0.25) is 11.9 Å². The Labute approximate surface area is 203 Å². The van der Waals surface area contributed by atoms with Gasteiger partial charge in [0.05, 0.1) is 5.52 Å². The summed E-state index contributed by atoms with van der Waals surface area (Å²) in [6.45, 7) is 5.65. The van der Waals surface area contributed by atoms with Crippen LogP contribution in [-0.2, 0) is 4.79 Å². The Balaban J connectivity index is 1.45. The monoisotopic (exact) mass is 467 g/mol. The van der Waals surface area contributed by atoms with Crippen LogP contribution in [0.15, 0.2) is 79.5 Å². The normalized spacial score (nSPS) is 13.5. The van der Waals surface area contributed by atoms with E-state index in [-0.39, 0.29) is 5.91 Å². The molecule has 6 nitrogen and oxygen atoms in total. The molecular weight excluding hydrogens is 441 g/mol. The second kappa shape index (κ2) is 9.93. The van der Waals surface area contributed by atoms with Crippen LogP contribution in [0.1, 0.15) is 19.3 Å². The fraction of sp³-hybridized carbons (Fsp3) is 0.179. The molecular formula is C28H26FN5O. The van der Waals surface area contributed by atoms with E-state index in [2.05, 4.69) is 44.2 Å². The molecule has 3 aromatic carbocycles. The Hall–Kier alpha value is -4.26. The number of amides is 1. The Morgan fingerprint density at radius 3 is 2.57 bits per heavy atom. The molecule has 1 aromatic heterocycles. The van der Waals surface area contributed by atoms with Crippen LogP contribution < -0.4 is 15.5 Å². The largest absolute Gasteiger partial charge is 0.372 e. The summed E-state index contributed by atoms with van der Waals surface area (Å²) in [7, 11) is 0. The van der Waals surface area contributed by atoms with Gasteiger partial charge in [0.15, 0.2) is 0 Å². The van der Waals surface area contributed by atoms with Crippen LogP contribution in [0.4, 0.5) is 27.4 Å². The maximum atomic E-state index is 15.1. The number of nitrogens with zero attached hydrogens (tertiary/aromatic N) is 3. The van der Waals surface area contributed by atoms with E-state index in [0.717, 1.165) is 18.8 Å². The van der Waals surface area contributed by atoms with Crippen LogP contribution in [0.25, 0.3) is 22.0 Å². The van der Waals surface area contributed by atoms with Crippen molar-refractivity contribution in [3.8, 4) is 11.1 Å². The van der Waals surface area contributed by atoms with Gasteiger partial charge in [-0.3, -0.25) is 4.79 Å². The van der Waals surface area contributed by atoms with Crippen molar-refractivity contribution in [1.82, 2.24) is 9.97 Å². The van der Waals surface area contributed by atoms with E-state index < -0.39 is 5.82 Å². The molecule has 2 N–H and O–H groups in total. The van der Waals surface area contributed by atoms with E-state index in [9.17, 15) is 4.79 Å². The number of nitrogens with one attached hydrogen (secondary N) is 2. The van der Waals surface area contributed by atoms with Gasteiger partial charge in [0.25, 0.3) is 0 Å². The molecule has 0 radical (unpaired) electrons. The molecule has 2 heterocycles. The smallest absolute Gasteiger partial charge is 0.247 e. The first-order valence-electron chi connectivity index (χ1n) is 11.7. The lowest BCUT2D eigenvalue weighted by Gasteiger charge is -2.28. The molecule has 1 fully saturated rings. The van der Waals surface area contributed by atoms with Gasteiger partial charge in [-0.05, 0) is 79.4 Å². The first-order valence-corrected chi connectivity index (χ1v) is 11.7. The molecule has 0 saturated carbocycles. The van der Waals surface area contributed by atoms with Crippen molar-refractivity contribution in [2.45, 2.75) is 19.3 Å². The molecule has 0 atom stereocenters. The molecule has 0 spiro atoms. The van der Waals surface area contributed by atoms with Crippen molar-refractivity contribution >= 4 is 39.8 Å². The zero-order valence-corrected chi connectivity index (χ0v) is 19.3. The van der Waals surface area contributed by atoms with Crippen molar-refractivity contribution in [2.75, 3.05) is 28.6 Å². The lowest BCUT2D eigenvalue weighted by Crippen LogP contribution is -2.29. The Bertz CT molecular complexity index is 1380. The van der Waals surface area contributed by atoms with Crippen LogP contribution in [0.2, 0.25) is 0 Å². The van der Waals surface area contributed by atoms with Crippen LogP contribution in [0, 0.1) is 5.82 Å². The highest BCUT2D eigenvalue weighted by atomic mass is 19.1. The van der Waals surface area contributed by atoms with Crippen molar-refractivity contribution in [1.29, 1.82) is 0 Å². The molecule has 0 bridgehead atoms. The third-order valence-electron chi connectivity index (χ3n) is 6.15. The molecule has 5 rings (SSSR count). The van der Waals surface area contributed by atoms with Gasteiger partial charge in [0.1, 0.15) is 5.82 Å². The summed E-state index contributed by atoms with van der Waals surface area (Å²) in [5, 5.41) is 6.67. The van der Waals surface area contributed by atoms with Crippen LogP contribution >= 0.6 is 0 Å². The van der Waals surface area contributed by atoms with E-state index in [4.69, 9.17) is 0 Å². The zero-order chi connectivity index (χ0) is 24.2. The average Bonchev–Trinajstić information content (AvgIpc) is 2.89. The van der Waals surface area contributed by atoms with Gasteiger partial charge in [0, 0.05) is 47.3 Å². The molecule has 0 aliphatic carbocycles. The molecule has 176 valence electrons. The summed E-state index contributed by atoms with van der Waals surface area (Å²) in [6, 6.07) is 18.3. The third-order valence-corrected chi connectivity index (χ3v) is 6.15. The summed E-state index contributed by atoms with van der Waals surface area (Å²) < 4.78 is 15.1. The number of rotatable bonds is 6. The lowest BCUT2D eigenvalue weighted by molar-refractivity contribution is -0.111. The Kier molecular flexibility index (Phi) is 6.39. The number of carbonyl (C=O) groups excluding carboxylic acids is 1. The van der Waals surface area contributed by atoms with E-state index in [1.165, 1.54) is 37.1 Å². The minimum absolute atomic E-state index is 0.333. The number of carbonyl (C=O) groups is 1. The van der Waals surface area contributed by atoms with Crippen LogP contribution in [0.5, 0.6) is 0 Å². The number of benzene rings is 3. The second-order valence-electron chi connectivity index (χ2n) is 8.55. The molecule has 1 aliphatic rings. The summed E-state index contributed by atoms with van der Waals surface area (Å²) in [4.78, 5) is 23.2. The topological polar surface area (TPSA) is 70.2 Å². The molecule has 4 aromatic rings. The average molecular weight is 468 g/mol. The number of piperidine rings is 1. The predicted molar refractivity (Wildman–Crippen MR) is 140 cm³/mol. The van der Waals surface area contributed by atoms with Gasteiger partial charge in [-0.15, -0.1) is 0 Å². The first kappa shape index (κ1) is 22.5. The third kappa shape index (κ3) is 4.99. The van der Waals surface area contributed by atoms with E-state index in [0.29, 0.717) is 33.7 Å². The number of fused-ring (bicyclic) bond motifs is 1.